The molecule has 102 valence electrons. The number of amides is 1. The number of aliphatic hydroxyl groups excluding tert-OH is 1. The van der Waals surface area contributed by atoms with Crippen LogP contribution in [0.25, 0.3) is 0 Å². The molecular weight excluding hydrogens is 262 g/mol. The Labute approximate surface area is 116 Å². The maximum absolute atomic E-state index is 12.3. The molecule has 0 bridgehead atoms. The van der Waals surface area contributed by atoms with Gasteiger partial charge in [0.1, 0.15) is 6.61 Å². The summed E-state index contributed by atoms with van der Waals surface area (Å²) in [5, 5.41) is 18.5. The minimum atomic E-state index is -0.649. The van der Waals surface area contributed by atoms with Crippen LogP contribution in [0.3, 0.4) is 0 Å². The molecule has 2 heterocycles. The summed E-state index contributed by atoms with van der Waals surface area (Å²) in [7, 11) is 0. The predicted molar refractivity (Wildman–Crippen MR) is 74.0 cm³/mol. The van der Waals surface area contributed by atoms with E-state index in [0.717, 1.165) is 4.88 Å². The Hall–Kier alpha value is -1.35. The molecule has 0 unspecified atom stereocenters. The molecular formula is C14H17NO3S. The van der Waals surface area contributed by atoms with Gasteiger partial charge < -0.3 is 15.1 Å². The number of thiophene rings is 1. The number of hydrogen-bond donors (Lipinski definition) is 2. The number of aliphatic hydroxyl groups is 2. The van der Waals surface area contributed by atoms with Crippen molar-refractivity contribution in [2.45, 2.75) is 25.4 Å². The van der Waals surface area contributed by atoms with E-state index in [9.17, 15) is 9.90 Å². The van der Waals surface area contributed by atoms with E-state index in [0.29, 0.717) is 30.8 Å². The summed E-state index contributed by atoms with van der Waals surface area (Å²) in [5.74, 6) is 5.36. The molecule has 1 aliphatic heterocycles. The lowest BCUT2D eigenvalue weighted by Gasteiger charge is -2.35. The first-order valence-corrected chi connectivity index (χ1v) is 7.05. The third kappa shape index (κ3) is 3.57. The first-order chi connectivity index (χ1) is 9.02. The Balaban J connectivity index is 2.02. The number of piperidine rings is 1. The molecule has 19 heavy (non-hydrogen) atoms. The van der Waals surface area contributed by atoms with Crippen molar-refractivity contribution < 1.29 is 15.0 Å². The van der Waals surface area contributed by atoms with Gasteiger partial charge in [0.15, 0.2) is 0 Å². The second-order valence-electron chi connectivity index (χ2n) is 4.91. The summed E-state index contributed by atoms with van der Waals surface area (Å²) in [6, 6.07) is 3.56. The first kappa shape index (κ1) is 14.1. The number of nitrogens with zero attached hydrogens (tertiary/aromatic N) is 1. The highest BCUT2D eigenvalue weighted by atomic mass is 32.1. The highest BCUT2D eigenvalue weighted by Gasteiger charge is 2.30. The monoisotopic (exact) mass is 279 g/mol. The highest BCUT2D eigenvalue weighted by molar-refractivity contribution is 7.14. The maximum atomic E-state index is 12.3. The minimum Gasteiger partial charge on any atom is -0.390 e. The molecule has 0 spiro atoms. The first-order valence-electron chi connectivity index (χ1n) is 6.23. The molecule has 5 heteroatoms. The van der Waals surface area contributed by atoms with Crippen LogP contribution in [0.5, 0.6) is 0 Å². The largest absolute Gasteiger partial charge is 0.390 e. The number of carbonyl (C=O) groups excluding carboxylic acids is 1. The average Bonchev–Trinajstić information content (AvgIpc) is 2.84. The fourth-order valence-electron chi connectivity index (χ4n) is 1.99. The van der Waals surface area contributed by atoms with Gasteiger partial charge in [-0.1, -0.05) is 11.8 Å². The number of likely N-dealkylation sites (tertiary alicyclic amines) is 1. The second-order valence-corrected chi connectivity index (χ2v) is 6.00. The third-order valence-electron chi connectivity index (χ3n) is 3.24. The van der Waals surface area contributed by atoms with Crippen LogP contribution >= 0.6 is 11.3 Å². The minimum absolute atomic E-state index is 0.00227. The highest BCUT2D eigenvalue weighted by Crippen LogP contribution is 2.24. The lowest BCUT2D eigenvalue weighted by Crippen LogP contribution is -2.44. The summed E-state index contributed by atoms with van der Waals surface area (Å²) in [6.07, 6.45) is 1.22. The van der Waals surface area contributed by atoms with E-state index in [-0.39, 0.29) is 12.5 Å². The average molecular weight is 279 g/mol. The fourth-order valence-corrected chi connectivity index (χ4v) is 2.84. The molecule has 0 aliphatic carbocycles. The molecule has 1 fully saturated rings. The van der Waals surface area contributed by atoms with E-state index in [1.54, 1.807) is 17.0 Å². The standard InChI is InChI=1S/C14H17NO3S/c1-14(18)6-8-15(9-7-14)13(17)12-5-4-11(19-12)3-2-10-16/h4-5,16,18H,6-10H2,1H3. The van der Waals surface area contributed by atoms with Crippen LogP contribution in [0.15, 0.2) is 12.1 Å². The van der Waals surface area contributed by atoms with Gasteiger partial charge in [-0.2, -0.15) is 0 Å². The molecule has 1 amide bonds. The van der Waals surface area contributed by atoms with Crippen molar-refractivity contribution in [1.82, 2.24) is 4.90 Å². The van der Waals surface area contributed by atoms with Crippen LogP contribution in [0.1, 0.15) is 34.3 Å². The van der Waals surface area contributed by atoms with Crippen molar-refractivity contribution in [2.24, 2.45) is 0 Å². The lowest BCUT2D eigenvalue weighted by molar-refractivity contribution is -0.00188. The van der Waals surface area contributed by atoms with Gasteiger partial charge in [-0.15, -0.1) is 11.3 Å². The van der Waals surface area contributed by atoms with E-state index >= 15 is 0 Å². The normalized spacial score (nSPS) is 17.7. The summed E-state index contributed by atoms with van der Waals surface area (Å²) in [5.41, 5.74) is -0.649. The summed E-state index contributed by atoms with van der Waals surface area (Å²) in [6.45, 7) is 2.80. The van der Waals surface area contributed by atoms with Crippen LogP contribution in [-0.4, -0.2) is 46.3 Å². The summed E-state index contributed by atoms with van der Waals surface area (Å²) in [4.78, 5) is 15.5. The Morgan fingerprint density at radius 3 is 2.79 bits per heavy atom. The second kappa shape index (κ2) is 5.74. The van der Waals surface area contributed by atoms with Crippen molar-refractivity contribution >= 4 is 17.2 Å². The molecule has 0 atom stereocenters. The van der Waals surface area contributed by atoms with Gasteiger partial charge in [-0.05, 0) is 31.9 Å². The van der Waals surface area contributed by atoms with Crippen molar-refractivity contribution in [1.29, 1.82) is 0 Å². The lowest BCUT2D eigenvalue weighted by atomic mass is 9.94. The molecule has 1 saturated heterocycles. The van der Waals surface area contributed by atoms with Crippen LogP contribution in [-0.2, 0) is 0 Å². The molecule has 2 N–H and O–H groups in total. The van der Waals surface area contributed by atoms with Gasteiger partial charge >= 0.3 is 0 Å². The Morgan fingerprint density at radius 2 is 2.16 bits per heavy atom. The summed E-state index contributed by atoms with van der Waals surface area (Å²) >= 11 is 1.34. The molecule has 1 aromatic rings. The van der Waals surface area contributed by atoms with Crippen LogP contribution in [0.2, 0.25) is 0 Å². The van der Waals surface area contributed by atoms with E-state index in [1.165, 1.54) is 11.3 Å². The molecule has 1 aromatic heterocycles. The SMILES string of the molecule is CC1(O)CCN(C(=O)c2ccc(C#CCO)s2)CC1. The van der Waals surface area contributed by atoms with E-state index in [1.807, 2.05) is 6.92 Å². The number of carbonyl (C=O) groups is 1. The predicted octanol–water partition coefficient (Wildman–Crippen LogP) is 1.08. The van der Waals surface area contributed by atoms with Crippen molar-refractivity contribution in [2.75, 3.05) is 19.7 Å². The number of hydrogen-bond acceptors (Lipinski definition) is 4. The van der Waals surface area contributed by atoms with Crippen LogP contribution in [0, 0.1) is 11.8 Å². The Morgan fingerprint density at radius 1 is 1.47 bits per heavy atom. The smallest absolute Gasteiger partial charge is 0.263 e. The van der Waals surface area contributed by atoms with Gasteiger partial charge in [0.25, 0.3) is 5.91 Å². The number of rotatable bonds is 1. The van der Waals surface area contributed by atoms with Gasteiger partial charge in [0.05, 0.1) is 15.4 Å². The van der Waals surface area contributed by atoms with Crippen molar-refractivity contribution in [3.63, 3.8) is 0 Å². The Bertz CT molecular complexity index is 514. The quantitative estimate of drug-likeness (QED) is 0.756. The zero-order valence-electron chi connectivity index (χ0n) is 10.8. The van der Waals surface area contributed by atoms with Crippen molar-refractivity contribution in [3.05, 3.63) is 21.9 Å². The zero-order valence-corrected chi connectivity index (χ0v) is 11.7. The summed E-state index contributed by atoms with van der Waals surface area (Å²) < 4.78 is 0. The molecule has 0 radical (unpaired) electrons. The van der Waals surface area contributed by atoms with Gasteiger partial charge in [0, 0.05) is 13.1 Å². The van der Waals surface area contributed by atoms with Gasteiger partial charge in [-0.25, -0.2) is 0 Å². The van der Waals surface area contributed by atoms with E-state index < -0.39 is 5.60 Å². The third-order valence-corrected chi connectivity index (χ3v) is 4.22. The fraction of sp³-hybridized carbons (Fsp3) is 0.500. The Kier molecular flexibility index (Phi) is 4.25. The molecule has 0 aromatic carbocycles. The maximum Gasteiger partial charge on any atom is 0.263 e. The van der Waals surface area contributed by atoms with E-state index in [4.69, 9.17) is 5.11 Å². The van der Waals surface area contributed by atoms with Gasteiger partial charge in [-0.3, -0.25) is 4.79 Å². The zero-order chi connectivity index (χ0) is 13.9. The molecule has 0 saturated carbocycles. The molecule has 4 nitrogen and oxygen atoms in total. The van der Waals surface area contributed by atoms with Crippen LogP contribution in [0.4, 0.5) is 0 Å². The topological polar surface area (TPSA) is 60.8 Å². The van der Waals surface area contributed by atoms with E-state index in [2.05, 4.69) is 11.8 Å². The van der Waals surface area contributed by atoms with Crippen molar-refractivity contribution in [3.8, 4) is 11.8 Å². The molecule has 2 rings (SSSR count). The van der Waals surface area contributed by atoms with Gasteiger partial charge in [0.2, 0.25) is 0 Å². The molecule has 1 aliphatic rings. The van der Waals surface area contributed by atoms with Crippen LogP contribution < -0.4 is 0 Å².